The van der Waals surface area contributed by atoms with Gasteiger partial charge in [-0.25, -0.2) is 0 Å². The van der Waals surface area contributed by atoms with Crippen molar-refractivity contribution in [1.29, 1.82) is 8.82 Å². The minimum Gasteiger partial charge on any atom is -0.265 e. The fraction of sp³-hybridized carbons (Fsp3) is 0. The first-order valence-corrected chi connectivity index (χ1v) is 3.22. The van der Waals surface area contributed by atoms with Gasteiger partial charge in [0.15, 0.2) is 0 Å². The number of nitrogens with zero attached hydrogens (tertiary/aromatic N) is 1. The Morgan fingerprint density at radius 1 is 1.00 bits per heavy atom. The number of rotatable bonds is 0. The van der Waals surface area contributed by atoms with Gasteiger partial charge >= 0.3 is 23.1 Å². The zero-order chi connectivity index (χ0) is 6.95. The molecule has 0 aromatic carbocycles. The van der Waals surface area contributed by atoms with E-state index in [1.165, 1.54) is 0 Å². The second kappa shape index (κ2) is 7.26. The molecule has 1 aromatic heterocycles. The van der Waals surface area contributed by atoms with E-state index in [-0.39, 0.29) is 14.3 Å². The zero-order valence-corrected chi connectivity index (χ0v) is 5.71. The molecule has 2 N–H and O–H groups in total. The van der Waals surface area contributed by atoms with Gasteiger partial charge < -0.3 is 0 Å². The fourth-order valence-corrected chi connectivity index (χ4v) is 0.313. The summed E-state index contributed by atoms with van der Waals surface area (Å²) in [7, 11) is 0. The van der Waals surface area contributed by atoms with Crippen molar-refractivity contribution >= 4 is 0 Å². The molecule has 0 aliphatic heterocycles. The molecule has 1 aromatic rings. The van der Waals surface area contributed by atoms with E-state index in [0.717, 1.165) is 0 Å². The summed E-state index contributed by atoms with van der Waals surface area (Å²) in [6.07, 6.45) is 3.50. The van der Waals surface area contributed by atoms with Crippen molar-refractivity contribution in [3.63, 3.8) is 0 Å². The molecule has 0 aliphatic carbocycles. The predicted molar refractivity (Wildman–Crippen MR) is 29.7 cm³/mol. The summed E-state index contributed by atoms with van der Waals surface area (Å²) in [6, 6.07) is 5.72. The first-order chi connectivity index (χ1) is 4.41. The van der Waals surface area contributed by atoms with E-state index in [1.54, 1.807) is 12.4 Å². The van der Waals surface area contributed by atoms with Gasteiger partial charge in [0.2, 0.25) is 0 Å². The van der Waals surface area contributed by atoms with Crippen LogP contribution in [0.5, 0.6) is 0 Å². The smallest absolute Gasteiger partial charge is 0.0267 e. The number of hydrogen-bond donors (Lipinski definition) is 2. The van der Waals surface area contributed by atoms with Gasteiger partial charge in [0.1, 0.15) is 0 Å². The monoisotopic (exact) mass is 168 g/mol. The van der Waals surface area contributed by atoms with E-state index in [4.69, 9.17) is 8.82 Å². The van der Waals surface area contributed by atoms with E-state index in [2.05, 4.69) is 4.98 Å². The summed E-state index contributed by atoms with van der Waals surface area (Å²) in [5, 5.41) is 0. The van der Waals surface area contributed by atoms with Crippen LogP contribution < -0.4 is 0 Å². The van der Waals surface area contributed by atoms with Gasteiger partial charge in [-0.15, -0.1) is 0 Å². The van der Waals surface area contributed by atoms with Crippen LogP contribution in [0.4, 0.5) is 0 Å². The third kappa shape index (κ3) is 7.26. The molecule has 3 nitrogen and oxygen atoms in total. The Balaban J connectivity index is 0.000000187. The maximum Gasteiger partial charge on any atom is 0.0267 e. The average molecular weight is 168 g/mol. The van der Waals surface area contributed by atoms with E-state index in [1.807, 2.05) is 18.2 Å². The molecule has 1 heterocycles. The SMILES string of the molecule is [NH]=[Co]=[NH].c1ccncc1. The Kier molecular flexibility index (Phi) is 6.66. The van der Waals surface area contributed by atoms with Crippen molar-refractivity contribution < 1.29 is 14.3 Å². The predicted octanol–water partition coefficient (Wildman–Crippen LogP) is 1.68. The number of aromatic nitrogens is 1. The molecule has 0 bridgehead atoms. The van der Waals surface area contributed by atoms with E-state index < -0.39 is 0 Å². The summed E-state index contributed by atoms with van der Waals surface area (Å²) in [5.41, 5.74) is 0. The molecule has 0 saturated heterocycles. The van der Waals surface area contributed by atoms with Crippen LogP contribution in [0, 0.1) is 8.82 Å². The Bertz CT molecular complexity index is 142. The van der Waals surface area contributed by atoms with Crippen molar-refractivity contribution in [2.24, 2.45) is 0 Å². The molecule has 1 rings (SSSR count). The molecular weight excluding hydrogens is 161 g/mol. The molecule has 0 fully saturated rings. The molecule has 0 spiro atoms. The maximum absolute atomic E-state index is 5.84. The van der Waals surface area contributed by atoms with Crippen LogP contribution in [0.2, 0.25) is 0 Å². The quantitative estimate of drug-likeness (QED) is 0.608. The summed E-state index contributed by atoms with van der Waals surface area (Å²) in [5.74, 6) is 0. The molecule has 51 valence electrons. The molecule has 0 saturated carbocycles. The third-order valence-corrected chi connectivity index (χ3v) is 0.566. The van der Waals surface area contributed by atoms with Crippen molar-refractivity contribution in [2.75, 3.05) is 0 Å². The van der Waals surface area contributed by atoms with Gasteiger partial charge in [0.05, 0.1) is 0 Å². The van der Waals surface area contributed by atoms with E-state index in [9.17, 15) is 0 Å². The van der Waals surface area contributed by atoms with E-state index >= 15 is 0 Å². The van der Waals surface area contributed by atoms with Crippen LogP contribution >= 0.6 is 0 Å². The van der Waals surface area contributed by atoms with Crippen LogP contribution in [0.1, 0.15) is 0 Å². The summed E-state index contributed by atoms with van der Waals surface area (Å²) in [6.45, 7) is 0. The second-order valence-electron chi connectivity index (χ2n) is 1.11. The minimum atomic E-state index is -0.0625. The molecule has 4 heteroatoms. The van der Waals surface area contributed by atoms with Crippen molar-refractivity contribution in [3.05, 3.63) is 30.6 Å². The zero-order valence-electron chi connectivity index (χ0n) is 4.67. The first-order valence-electron chi connectivity index (χ1n) is 2.18. The van der Waals surface area contributed by atoms with Gasteiger partial charge in [-0.05, 0) is 12.1 Å². The van der Waals surface area contributed by atoms with Crippen molar-refractivity contribution in [2.45, 2.75) is 0 Å². The second-order valence-corrected chi connectivity index (χ2v) is 1.37. The van der Waals surface area contributed by atoms with Crippen LogP contribution in [0.15, 0.2) is 30.6 Å². The maximum atomic E-state index is 5.84. The molecule has 0 atom stereocenters. The topological polar surface area (TPSA) is 60.6 Å². The minimum absolute atomic E-state index is 0.0625. The number of hydrogen-bond acceptors (Lipinski definition) is 3. The number of nitrogens with one attached hydrogen (secondary N) is 2. The standard InChI is InChI=1S/C5H5N.Co.2HN/c1-2-4-6-5-3-1;;;/h1-5H;;2*1H. The third-order valence-electron chi connectivity index (χ3n) is 0.566. The largest absolute Gasteiger partial charge is 0.265 e. The Hall–Kier alpha value is -0.744. The van der Waals surface area contributed by atoms with Crippen LogP contribution in [0.3, 0.4) is 0 Å². The van der Waals surface area contributed by atoms with E-state index in [0.29, 0.717) is 0 Å². The van der Waals surface area contributed by atoms with Gasteiger partial charge in [0, 0.05) is 12.4 Å². The molecule has 0 amide bonds. The van der Waals surface area contributed by atoms with Crippen LogP contribution in [0.25, 0.3) is 0 Å². The average Bonchev–Trinajstić information content (AvgIpc) is 1.93. The molecule has 0 aliphatic rings. The Morgan fingerprint density at radius 2 is 1.44 bits per heavy atom. The Labute approximate surface area is 59.3 Å². The summed E-state index contributed by atoms with van der Waals surface area (Å²) in [4.78, 5) is 3.78. The molecule has 9 heavy (non-hydrogen) atoms. The molecular formula is C5H7CoN3. The van der Waals surface area contributed by atoms with Gasteiger partial charge in [-0.2, -0.15) is 0 Å². The van der Waals surface area contributed by atoms with Crippen LogP contribution in [-0.4, -0.2) is 4.98 Å². The number of pyridine rings is 1. The summed E-state index contributed by atoms with van der Waals surface area (Å²) < 4.78 is 11.7. The van der Waals surface area contributed by atoms with Crippen molar-refractivity contribution in [1.82, 2.24) is 4.98 Å². The fourth-order valence-electron chi connectivity index (χ4n) is 0.313. The molecule has 0 unspecified atom stereocenters. The van der Waals surface area contributed by atoms with Gasteiger partial charge in [0.25, 0.3) is 0 Å². The first kappa shape index (κ1) is 8.26. The normalized spacial score (nSPS) is 7.11. The van der Waals surface area contributed by atoms with Crippen LogP contribution in [-0.2, 0) is 14.3 Å². The summed E-state index contributed by atoms with van der Waals surface area (Å²) >= 11 is -0.0625. The Morgan fingerprint density at radius 3 is 1.56 bits per heavy atom. The molecule has 0 radical (unpaired) electrons. The van der Waals surface area contributed by atoms with Gasteiger partial charge in [-0.1, -0.05) is 6.07 Å². The van der Waals surface area contributed by atoms with Crippen molar-refractivity contribution in [3.8, 4) is 0 Å². The van der Waals surface area contributed by atoms with Gasteiger partial charge in [-0.3, -0.25) is 4.98 Å².